The van der Waals surface area contributed by atoms with Crippen LogP contribution in [0.2, 0.25) is 0 Å². The smallest absolute Gasteiger partial charge is 0.295 e. The second kappa shape index (κ2) is 7.51. The maximum Gasteiger partial charge on any atom is 0.445 e. The highest BCUT2D eigenvalue weighted by atomic mass is 35.5. The topological polar surface area (TPSA) is 62.2 Å². The number of nitrogens with zero attached hydrogens (tertiary/aromatic N) is 3. The Morgan fingerprint density at radius 1 is 1.50 bits per heavy atom. The first-order valence-electron chi connectivity index (χ1n) is 6.37. The normalized spacial score (nSPS) is 19.7. The molecule has 0 spiro atoms. The van der Waals surface area contributed by atoms with E-state index in [1.807, 2.05) is 6.92 Å². The van der Waals surface area contributed by atoms with Crippen molar-refractivity contribution < 1.29 is 14.4 Å². The molecule has 0 aromatic rings. The van der Waals surface area contributed by atoms with Gasteiger partial charge < -0.3 is 0 Å². The summed E-state index contributed by atoms with van der Waals surface area (Å²) in [5, 5.41) is 4.11. The summed E-state index contributed by atoms with van der Waals surface area (Å²) in [6.07, 6.45) is -0.662. The van der Waals surface area contributed by atoms with Crippen LogP contribution in [-0.2, 0) is 9.63 Å². The molecule has 1 fully saturated rings. The fourth-order valence-corrected chi connectivity index (χ4v) is 3.92. The Morgan fingerprint density at radius 3 is 2.45 bits per heavy atom. The van der Waals surface area contributed by atoms with E-state index in [0.717, 1.165) is 0 Å². The van der Waals surface area contributed by atoms with E-state index in [0.29, 0.717) is 5.17 Å². The molecule has 10 heteroatoms. The van der Waals surface area contributed by atoms with Crippen LogP contribution < -0.4 is 0 Å². The Morgan fingerprint density at radius 2 is 2.05 bits per heavy atom. The van der Waals surface area contributed by atoms with Crippen molar-refractivity contribution in [2.45, 2.75) is 30.3 Å². The molecule has 1 saturated heterocycles. The zero-order chi connectivity index (χ0) is 17.1. The van der Waals surface area contributed by atoms with Gasteiger partial charge in [0.2, 0.25) is 11.1 Å². The zero-order valence-corrected chi connectivity index (χ0v) is 16.2. The van der Waals surface area contributed by atoms with E-state index in [-0.39, 0.29) is 17.7 Å². The maximum atomic E-state index is 11.9. The number of carbonyl (C=O) groups excluding carboxylic acids is 2. The molecule has 126 valence electrons. The number of amidine groups is 1. The minimum Gasteiger partial charge on any atom is -0.295 e. The van der Waals surface area contributed by atoms with Crippen LogP contribution in [0.15, 0.2) is 5.16 Å². The van der Waals surface area contributed by atoms with Crippen molar-refractivity contribution in [1.82, 2.24) is 9.21 Å². The monoisotopic (exact) mass is 387 g/mol. The Labute approximate surface area is 149 Å². The number of hydrogen-bond acceptors (Lipinski definition) is 6. The Hall–Kier alpha value is -0.310. The molecule has 0 aromatic carbocycles. The summed E-state index contributed by atoms with van der Waals surface area (Å²) in [6.45, 7) is 5.42. The van der Waals surface area contributed by atoms with Gasteiger partial charge in [-0.25, -0.2) is 4.79 Å². The molecule has 0 bridgehead atoms. The predicted molar refractivity (Wildman–Crippen MR) is 93.6 cm³/mol. The van der Waals surface area contributed by atoms with Gasteiger partial charge in [-0.3, -0.25) is 18.8 Å². The molecule has 0 unspecified atom stereocenters. The molecule has 0 aliphatic carbocycles. The molecule has 2 amide bonds. The number of rotatable bonds is 5. The van der Waals surface area contributed by atoms with Gasteiger partial charge in [0.1, 0.15) is 0 Å². The minimum atomic E-state index is -0.662. The first-order valence-corrected chi connectivity index (χ1v) is 9.03. The lowest BCUT2D eigenvalue weighted by Crippen LogP contribution is -2.34. The number of oxime groups is 1. The fraction of sp³-hybridized carbons (Fsp3) is 0.750. The van der Waals surface area contributed by atoms with Crippen molar-refractivity contribution in [2.24, 2.45) is 5.16 Å². The number of halogens is 2. The summed E-state index contributed by atoms with van der Waals surface area (Å²) < 4.78 is 0.179. The number of amides is 2. The second-order valence-corrected chi connectivity index (χ2v) is 9.35. The van der Waals surface area contributed by atoms with Crippen LogP contribution >= 0.6 is 46.9 Å². The van der Waals surface area contributed by atoms with Gasteiger partial charge in [-0.1, -0.05) is 11.8 Å². The highest BCUT2D eigenvalue weighted by Crippen LogP contribution is 2.36. The summed E-state index contributed by atoms with van der Waals surface area (Å²) in [5.74, 6) is 0.482. The van der Waals surface area contributed by atoms with Gasteiger partial charge in [0.05, 0.1) is 9.49 Å². The van der Waals surface area contributed by atoms with E-state index in [2.05, 4.69) is 5.16 Å². The van der Waals surface area contributed by atoms with E-state index in [9.17, 15) is 9.59 Å². The molecule has 0 radical (unpaired) electrons. The summed E-state index contributed by atoms with van der Waals surface area (Å²) in [4.78, 5) is 30.1. The van der Waals surface area contributed by atoms with E-state index in [1.54, 1.807) is 27.9 Å². The number of carbonyl (C=O) groups is 2. The molecular formula is C12H19Cl2N3O3S2. The number of thioether (sulfide) groups is 1. The molecule has 0 saturated carbocycles. The maximum absolute atomic E-state index is 11.9. The molecule has 1 heterocycles. The largest absolute Gasteiger partial charge is 0.445 e. The van der Waals surface area contributed by atoms with Gasteiger partial charge >= 0.3 is 6.09 Å². The van der Waals surface area contributed by atoms with E-state index < -0.39 is 15.6 Å². The van der Waals surface area contributed by atoms with Crippen LogP contribution in [0.3, 0.4) is 0 Å². The molecular weight excluding hydrogens is 369 g/mol. The molecule has 1 aliphatic heterocycles. The van der Waals surface area contributed by atoms with Gasteiger partial charge in [-0.15, -0.1) is 23.2 Å². The standard InChI is InChI=1S/C12H19Cl2N3O3S2/c1-11(2)8(18)16(4)9(21-11)15-20-10(19)17(5)22-12(3,6-13)7-14/h6-7H2,1-5H3. The van der Waals surface area contributed by atoms with E-state index in [1.165, 1.54) is 32.9 Å². The van der Waals surface area contributed by atoms with Gasteiger partial charge in [0.15, 0.2) is 0 Å². The van der Waals surface area contributed by atoms with Crippen LogP contribution in [0.25, 0.3) is 0 Å². The van der Waals surface area contributed by atoms with Crippen molar-refractivity contribution in [2.75, 3.05) is 25.9 Å². The predicted octanol–water partition coefficient (Wildman–Crippen LogP) is 3.19. The molecule has 6 nitrogen and oxygen atoms in total. The molecule has 1 rings (SSSR count). The highest BCUT2D eigenvalue weighted by molar-refractivity contribution is 8.16. The lowest BCUT2D eigenvalue weighted by molar-refractivity contribution is -0.127. The molecule has 0 N–H and O–H groups in total. The first kappa shape index (κ1) is 19.7. The van der Waals surface area contributed by atoms with E-state index in [4.69, 9.17) is 28.0 Å². The van der Waals surface area contributed by atoms with E-state index >= 15 is 0 Å². The van der Waals surface area contributed by atoms with Gasteiger partial charge in [0.25, 0.3) is 0 Å². The van der Waals surface area contributed by atoms with Crippen molar-refractivity contribution in [1.29, 1.82) is 0 Å². The zero-order valence-electron chi connectivity index (χ0n) is 13.1. The first-order chi connectivity index (χ1) is 10.1. The van der Waals surface area contributed by atoms with Gasteiger partial charge in [-0.2, -0.15) is 0 Å². The molecule has 22 heavy (non-hydrogen) atoms. The lowest BCUT2D eigenvalue weighted by atomic mass is 10.2. The third-order valence-electron chi connectivity index (χ3n) is 2.83. The van der Waals surface area contributed by atoms with Gasteiger partial charge in [0, 0.05) is 25.9 Å². The van der Waals surface area contributed by atoms with Gasteiger partial charge in [-0.05, 0) is 37.9 Å². The lowest BCUT2D eigenvalue weighted by Gasteiger charge is -2.27. The summed E-state index contributed by atoms with van der Waals surface area (Å²) >= 11 is 14.1. The SMILES string of the molecule is CN(SC(C)(CCl)CCl)C(=O)ON=C1SC(C)(C)C(=O)N1C. The second-order valence-electron chi connectivity index (χ2n) is 5.51. The molecule has 1 aliphatic rings. The van der Waals surface area contributed by atoms with Crippen molar-refractivity contribution >= 4 is 64.1 Å². The fourth-order valence-electron chi connectivity index (χ4n) is 1.50. The Bertz CT molecular complexity index is 484. The highest BCUT2D eigenvalue weighted by Gasteiger charge is 2.43. The third-order valence-corrected chi connectivity index (χ3v) is 6.70. The summed E-state index contributed by atoms with van der Waals surface area (Å²) in [7, 11) is 3.14. The van der Waals surface area contributed by atoms with Crippen molar-refractivity contribution in [3.8, 4) is 0 Å². The Kier molecular flexibility index (Phi) is 6.73. The average Bonchev–Trinajstić information content (AvgIpc) is 2.67. The number of hydrogen-bond donors (Lipinski definition) is 0. The summed E-state index contributed by atoms with van der Waals surface area (Å²) in [5.41, 5.74) is 0. The minimum absolute atomic E-state index is 0.0908. The third kappa shape index (κ3) is 4.59. The Balaban J connectivity index is 2.66. The molecule has 0 aromatic heterocycles. The van der Waals surface area contributed by atoms with Crippen LogP contribution in [0, 0.1) is 0 Å². The van der Waals surface area contributed by atoms with Crippen LogP contribution in [0.4, 0.5) is 4.79 Å². The van der Waals surface area contributed by atoms with Crippen molar-refractivity contribution in [3.63, 3.8) is 0 Å². The van der Waals surface area contributed by atoms with Crippen LogP contribution in [0.5, 0.6) is 0 Å². The summed E-state index contributed by atoms with van der Waals surface area (Å²) in [6, 6.07) is 0. The quantitative estimate of drug-likeness (QED) is 0.313. The van der Waals surface area contributed by atoms with Crippen molar-refractivity contribution in [3.05, 3.63) is 0 Å². The average molecular weight is 388 g/mol. The molecule has 0 atom stereocenters. The van der Waals surface area contributed by atoms with Crippen LogP contribution in [-0.4, -0.2) is 61.7 Å². The van der Waals surface area contributed by atoms with Crippen LogP contribution in [0.1, 0.15) is 20.8 Å². The number of alkyl halides is 2.